The number of nitrogens with zero attached hydrogens (tertiary/aromatic N) is 1. The van der Waals surface area contributed by atoms with Gasteiger partial charge in [-0.25, -0.2) is 0 Å². The van der Waals surface area contributed by atoms with Gasteiger partial charge in [-0.1, -0.05) is 29.7 Å². The zero-order chi connectivity index (χ0) is 20.4. The SMILES string of the molecule is COc1ccc(C)cc1C(=O)C1CCC[C@H](Nc2nc3ccc(Cl)cc3o2)CC1. The highest BCUT2D eigenvalue weighted by molar-refractivity contribution is 6.31. The second-order valence-corrected chi connectivity index (χ2v) is 8.18. The molecule has 1 aliphatic carbocycles. The summed E-state index contributed by atoms with van der Waals surface area (Å²) in [6, 6.07) is 11.9. The third kappa shape index (κ3) is 4.40. The van der Waals surface area contributed by atoms with Gasteiger partial charge >= 0.3 is 0 Å². The van der Waals surface area contributed by atoms with E-state index in [0.29, 0.717) is 27.9 Å². The van der Waals surface area contributed by atoms with Crippen molar-refractivity contribution in [2.75, 3.05) is 12.4 Å². The third-order valence-electron chi connectivity index (χ3n) is 5.64. The molecular formula is C23H25ClN2O3. The summed E-state index contributed by atoms with van der Waals surface area (Å²) in [6.07, 6.45) is 4.57. The lowest BCUT2D eigenvalue weighted by Crippen LogP contribution is -2.19. The Labute approximate surface area is 175 Å². The first-order valence-corrected chi connectivity index (χ1v) is 10.4. The van der Waals surface area contributed by atoms with Crippen LogP contribution < -0.4 is 10.1 Å². The van der Waals surface area contributed by atoms with Crippen LogP contribution in [0.15, 0.2) is 40.8 Å². The number of benzene rings is 2. The highest BCUT2D eigenvalue weighted by atomic mass is 35.5. The number of Topliss-reactive ketones (excluding diaryl/α,β-unsaturated/α-hetero) is 1. The van der Waals surface area contributed by atoms with E-state index in [9.17, 15) is 4.79 Å². The molecule has 2 atom stereocenters. The van der Waals surface area contributed by atoms with Gasteiger partial charge in [-0.05, 0) is 56.9 Å². The van der Waals surface area contributed by atoms with Crippen LogP contribution in [0.2, 0.25) is 5.02 Å². The molecule has 1 unspecified atom stereocenters. The molecule has 0 bridgehead atoms. The second kappa shape index (κ2) is 8.46. The van der Waals surface area contributed by atoms with Gasteiger partial charge in [-0.2, -0.15) is 4.98 Å². The Balaban J connectivity index is 1.43. The molecule has 1 fully saturated rings. The zero-order valence-electron chi connectivity index (χ0n) is 16.7. The molecular weight excluding hydrogens is 388 g/mol. The van der Waals surface area contributed by atoms with Crippen molar-refractivity contribution in [2.24, 2.45) is 5.92 Å². The van der Waals surface area contributed by atoms with Crippen LogP contribution in [0.4, 0.5) is 6.01 Å². The van der Waals surface area contributed by atoms with Gasteiger partial charge in [0.1, 0.15) is 11.3 Å². The topological polar surface area (TPSA) is 64.4 Å². The number of methoxy groups -OCH3 is 1. The van der Waals surface area contributed by atoms with E-state index in [1.165, 1.54) is 0 Å². The van der Waals surface area contributed by atoms with Crippen LogP contribution in [0.1, 0.15) is 48.0 Å². The maximum absolute atomic E-state index is 13.2. The smallest absolute Gasteiger partial charge is 0.295 e. The van der Waals surface area contributed by atoms with Crippen molar-refractivity contribution >= 4 is 34.5 Å². The number of ketones is 1. The molecule has 0 spiro atoms. The fourth-order valence-electron chi connectivity index (χ4n) is 4.08. The first-order valence-electron chi connectivity index (χ1n) is 10.0. The van der Waals surface area contributed by atoms with Crippen molar-refractivity contribution in [2.45, 2.75) is 45.1 Å². The van der Waals surface area contributed by atoms with Crippen LogP contribution in [-0.2, 0) is 0 Å². The summed E-state index contributed by atoms with van der Waals surface area (Å²) < 4.78 is 11.2. The molecule has 5 nitrogen and oxygen atoms in total. The molecule has 0 saturated heterocycles. The first-order chi connectivity index (χ1) is 14.0. The monoisotopic (exact) mass is 412 g/mol. The molecule has 6 heteroatoms. The Morgan fingerprint density at radius 1 is 1.17 bits per heavy atom. The molecule has 3 aromatic rings. The Morgan fingerprint density at radius 2 is 2.03 bits per heavy atom. The molecule has 152 valence electrons. The van der Waals surface area contributed by atoms with E-state index in [2.05, 4.69) is 10.3 Å². The average molecular weight is 413 g/mol. The highest BCUT2D eigenvalue weighted by Crippen LogP contribution is 2.32. The number of carbonyl (C=O) groups excluding carboxylic acids is 1. The van der Waals surface area contributed by atoms with Crippen molar-refractivity contribution in [3.63, 3.8) is 0 Å². The predicted octanol–water partition coefficient (Wildman–Crippen LogP) is 6.04. The van der Waals surface area contributed by atoms with Gasteiger partial charge in [0.25, 0.3) is 6.01 Å². The fourth-order valence-corrected chi connectivity index (χ4v) is 4.24. The van der Waals surface area contributed by atoms with Crippen LogP contribution >= 0.6 is 11.6 Å². The van der Waals surface area contributed by atoms with E-state index in [0.717, 1.165) is 43.2 Å². The lowest BCUT2D eigenvalue weighted by atomic mass is 9.90. The number of oxazole rings is 1. The van der Waals surface area contributed by atoms with Gasteiger partial charge in [0.05, 0.1) is 12.7 Å². The number of rotatable bonds is 5. The first kappa shape index (κ1) is 19.8. The zero-order valence-corrected chi connectivity index (χ0v) is 17.5. The van der Waals surface area contributed by atoms with E-state index < -0.39 is 0 Å². The number of aromatic nitrogens is 1. The third-order valence-corrected chi connectivity index (χ3v) is 5.87. The number of anilines is 1. The molecule has 4 rings (SSSR count). The van der Waals surface area contributed by atoms with Crippen LogP contribution in [0.3, 0.4) is 0 Å². The normalized spacial score (nSPS) is 19.7. The minimum atomic E-state index is 0.0138. The standard InChI is InChI=1S/C23H25ClN2O3/c1-14-6-11-20(28-2)18(12-14)22(27)15-4-3-5-17(9-7-15)25-23-26-19-10-8-16(24)13-21(19)29-23/h6,8,10-13,15,17H,3-5,7,9H2,1-2H3,(H,25,26)/t15?,17-/m0/s1. The summed E-state index contributed by atoms with van der Waals surface area (Å²) in [5.41, 5.74) is 3.22. The summed E-state index contributed by atoms with van der Waals surface area (Å²) in [5.74, 6) is 0.854. The average Bonchev–Trinajstić information content (AvgIpc) is 2.95. The summed E-state index contributed by atoms with van der Waals surface area (Å²) in [5, 5.41) is 4.03. The Bertz CT molecular complexity index is 1030. The van der Waals surface area contributed by atoms with Crippen molar-refractivity contribution < 1.29 is 13.9 Å². The summed E-state index contributed by atoms with van der Waals surface area (Å²) in [7, 11) is 1.61. The molecule has 2 aromatic carbocycles. The number of carbonyl (C=O) groups is 1. The van der Waals surface area contributed by atoms with Gasteiger partial charge < -0.3 is 14.5 Å². The van der Waals surface area contributed by atoms with Crippen LogP contribution in [-0.4, -0.2) is 23.9 Å². The number of aryl methyl sites for hydroxylation is 1. The molecule has 0 radical (unpaired) electrons. The van der Waals surface area contributed by atoms with Crippen LogP contribution in [0.25, 0.3) is 11.1 Å². The molecule has 29 heavy (non-hydrogen) atoms. The lowest BCUT2D eigenvalue weighted by Gasteiger charge is -2.16. The molecule has 1 aliphatic rings. The van der Waals surface area contributed by atoms with Crippen LogP contribution in [0, 0.1) is 12.8 Å². The summed E-state index contributed by atoms with van der Waals surface area (Å²) in [4.78, 5) is 17.6. The largest absolute Gasteiger partial charge is 0.496 e. The molecule has 1 N–H and O–H groups in total. The second-order valence-electron chi connectivity index (χ2n) is 7.75. The summed E-state index contributed by atoms with van der Waals surface area (Å²) >= 11 is 6.02. The number of nitrogens with one attached hydrogen (secondary N) is 1. The van der Waals surface area contributed by atoms with E-state index in [-0.39, 0.29) is 17.7 Å². The van der Waals surface area contributed by atoms with Crippen molar-refractivity contribution in [3.05, 3.63) is 52.5 Å². The van der Waals surface area contributed by atoms with Crippen molar-refractivity contribution in [3.8, 4) is 5.75 Å². The highest BCUT2D eigenvalue weighted by Gasteiger charge is 2.27. The minimum Gasteiger partial charge on any atom is -0.496 e. The molecule has 1 heterocycles. The van der Waals surface area contributed by atoms with Gasteiger partial charge in [0.2, 0.25) is 0 Å². The van der Waals surface area contributed by atoms with Gasteiger partial charge in [0.15, 0.2) is 11.4 Å². The molecule has 1 aromatic heterocycles. The van der Waals surface area contributed by atoms with E-state index in [1.807, 2.05) is 31.2 Å². The summed E-state index contributed by atoms with van der Waals surface area (Å²) in [6.45, 7) is 2.00. The predicted molar refractivity (Wildman–Crippen MR) is 115 cm³/mol. The Morgan fingerprint density at radius 3 is 2.86 bits per heavy atom. The number of hydrogen-bond acceptors (Lipinski definition) is 5. The Hall–Kier alpha value is -2.53. The Kier molecular flexibility index (Phi) is 5.76. The van der Waals surface area contributed by atoms with E-state index in [4.69, 9.17) is 20.8 Å². The molecule has 0 aliphatic heterocycles. The van der Waals surface area contributed by atoms with Crippen molar-refractivity contribution in [1.82, 2.24) is 4.98 Å². The lowest BCUT2D eigenvalue weighted by molar-refractivity contribution is 0.0904. The minimum absolute atomic E-state index is 0.0138. The van der Waals surface area contributed by atoms with Crippen molar-refractivity contribution in [1.29, 1.82) is 0 Å². The van der Waals surface area contributed by atoms with Crippen LogP contribution in [0.5, 0.6) is 5.75 Å². The number of ether oxygens (including phenoxy) is 1. The quantitative estimate of drug-likeness (QED) is 0.408. The van der Waals surface area contributed by atoms with Gasteiger partial charge in [-0.15, -0.1) is 0 Å². The molecule has 1 saturated carbocycles. The van der Waals surface area contributed by atoms with Gasteiger partial charge in [-0.3, -0.25) is 4.79 Å². The maximum Gasteiger partial charge on any atom is 0.295 e. The fraction of sp³-hybridized carbons (Fsp3) is 0.391. The number of halogens is 1. The number of fused-ring (bicyclic) bond motifs is 1. The number of hydrogen-bond donors (Lipinski definition) is 1. The van der Waals surface area contributed by atoms with Gasteiger partial charge in [0, 0.05) is 23.0 Å². The van der Waals surface area contributed by atoms with E-state index in [1.54, 1.807) is 19.2 Å². The molecule has 0 amide bonds. The van der Waals surface area contributed by atoms with E-state index >= 15 is 0 Å². The maximum atomic E-state index is 13.2.